The topological polar surface area (TPSA) is 57.6 Å². The van der Waals surface area contributed by atoms with Gasteiger partial charge in [0.25, 0.3) is 0 Å². The van der Waals surface area contributed by atoms with Gasteiger partial charge in [0.2, 0.25) is 10.0 Å². The SMILES string of the molecule is CCN(CC(C)(C)O)S(=O)(=O)CCCF. The van der Waals surface area contributed by atoms with Crippen LogP contribution in [0, 0.1) is 0 Å². The number of aliphatic hydroxyl groups is 1. The van der Waals surface area contributed by atoms with Crippen molar-refractivity contribution >= 4 is 10.0 Å². The maximum atomic E-state index is 11.9. The maximum Gasteiger partial charge on any atom is 0.214 e. The van der Waals surface area contributed by atoms with Crippen molar-refractivity contribution in [1.82, 2.24) is 4.31 Å². The molecule has 0 radical (unpaired) electrons. The molecule has 0 bridgehead atoms. The first-order chi connectivity index (χ1) is 6.73. The average molecular weight is 241 g/mol. The third-order valence-corrected chi connectivity index (χ3v) is 3.82. The highest BCUT2D eigenvalue weighted by Crippen LogP contribution is 2.10. The van der Waals surface area contributed by atoms with Gasteiger partial charge < -0.3 is 5.11 Å². The molecule has 0 rings (SSSR count). The van der Waals surface area contributed by atoms with Crippen molar-refractivity contribution in [3.05, 3.63) is 0 Å². The normalized spacial score (nSPS) is 13.5. The molecule has 0 aliphatic carbocycles. The van der Waals surface area contributed by atoms with E-state index < -0.39 is 22.3 Å². The molecule has 0 saturated heterocycles. The number of alkyl halides is 1. The average Bonchev–Trinajstić information content (AvgIpc) is 2.09. The van der Waals surface area contributed by atoms with Gasteiger partial charge in [0.1, 0.15) is 0 Å². The summed E-state index contributed by atoms with van der Waals surface area (Å²) in [5, 5.41) is 9.53. The van der Waals surface area contributed by atoms with E-state index in [4.69, 9.17) is 0 Å². The molecular weight excluding hydrogens is 221 g/mol. The second-order valence-corrected chi connectivity index (χ2v) is 6.19. The molecule has 0 amide bonds. The number of nitrogens with zero attached hydrogens (tertiary/aromatic N) is 1. The van der Waals surface area contributed by atoms with E-state index in [0.717, 1.165) is 0 Å². The molecule has 0 aliphatic rings. The number of hydrogen-bond acceptors (Lipinski definition) is 3. The van der Waals surface area contributed by atoms with Crippen LogP contribution in [0.1, 0.15) is 27.2 Å². The van der Waals surface area contributed by atoms with Crippen LogP contribution in [0.15, 0.2) is 0 Å². The lowest BCUT2D eigenvalue weighted by Gasteiger charge is -2.27. The molecule has 0 aromatic rings. The van der Waals surface area contributed by atoms with Crippen LogP contribution in [0.2, 0.25) is 0 Å². The minimum absolute atomic E-state index is 0.00465. The predicted molar refractivity (Wildman–Crippen MR) is 57.9 cm³/mol. The zero-order valence-electron chi connectivity index (χ0n) is 9.53. The number of rotatable bonds is 7. The number of hydrogen-bond donors (Lipinski definition) is 1. The van der Waals surface area contributed by atoms with E-state index >= 15 is 0 Å². The second-order valence-electron chi connectivity index (χ2n) is 4.10. The Balaban J connectivity index is 4.52. The van der Waals surface area contributed by atoms with Gasteiger partial charge in [-0.05, 0) is 20.3 Å². The summed E-state index contributed by atoms with van der Waals surface area (Å²) in [5.74, 6) is -0.201. The Kier molecular flexibility index (Phi) is 5.69. The standard InChI is InChI=1S/C9H20FNO3S/c1-4-11(8-9(2,3)12)15(13,14)7-5-6-10/h12H,4-8H2,1-3H3. The van der Waals surface area contributed by atoms with Crippen LogP contribution in [-0.4, -0.2) is 48.9 Å². The van der Waals surface area contributed by atoms with Gasteiger partial charge in [-0.15, -0.1) is 0 Å². The largest absolute Gasteiger partial charge is 0.389 e. The molecule has 4 nitrogen and oxygen atoms in total. The highest BCUT2D eigenvalue weighted by molar-refractivity contribution is 7.89. The summed E-state index contributed by atoms with van der Waals surface area (Å²) in [4.78, 5) is 0. The van der Waals surface area contributed by atoms with Gasteiger partial charge in [-0.1, -0.05) is 6.92 Å². The predicted octanol–water partition coefficient (Wildman–Crippen LogP) is 0.769. The third kappa shape index (κ3) is 6.06. The van der Waals surface area contributed by atoms with E-state index in [2.05, 4.69) is 0 Å². The first kappa shape index (κ1) is 14.8. The molecule has 15 heavy (non-hydrogen) atoms. The first-order valence-electron chi connectivity index (χ1n) is 4.99. The van der Waals surface area contributed by atoms with Gasteiger partial charge in [-0.2, -0.15) is 4.31 Å². The van der Waals surface area contributed by atoms with E-state index in [1.807, 2.05) is 0 Å². The van der Waals surface area contributed by atoms with E-state index in [0.29, 0.717) is 6.54 Å². The Morgan fingerprint density at radius 2 is 1.93 bits per heavy atom. The second kappa shape index (κ2) is 5.77. The van der Waals surface area contributed by atoms with E-state index in [9.17, 15) is 17.9 Å². The molecule has 0 aromatic carbocycles. The Morgan fingerprint density at radius 1 is 1.40 bits per heavy atom. The van der Waals surface area contributed by atoms with Crippen LogP contribution in [0.4, 0.5) is 4.39 Å². The van der Waals surface area contributed by atoms with Crippen LogP contribution in [-0.2, 0) is 10.0 Å². The summed E-state index contributed by atoms with van der Waals surface area (Å²) >= 11 is 0. The molecule has 0 unspecified atom stereocenters. The molecule has 0 aromatic heterocycles. The lowest BCUT2D eigenvalue weighted by Crippen LogP contribution is -2.43. The lowest BCUT2D eigenvalue weighted by molar-refractivity contribution is 0.0601. The zero-order valence-corrected chi connectivity index (χ0v) is 10.3. The smallest absolute Gasteiger partial charge is 0.214 e. The maximum absolute atomic E-state index is 11.9. The fourth-order valence-corrected chi connectivity index (χ4v) is 2.84. The summed E-state index contributed by atoms with van der Waals surface area (Å²) in [6.07, 6.45) is 0.00465. The monoisotopic (exact) mass is 241 g/mol. The Bertz CT molecular complexity index is 272. The Morgan fingerprint density at radius 3 is 2.27 bits per heavy atom. The first-order valence-corrected chi connectivity index (χ1v) is 6.60. The van der Waals surface area contributed by atoms with Crippen molar-refractivity contribution in [2.24, 2.45) is 0 Å². The van der Waals surface area contributed by atoms with Crippen molar-refractivity contribution < 1.29 is 17.9 Å². The number of sulfonamides is 1. The number of halogens is 1. The van der Waals surface area contributed by atoms with Crippen LogP contribution in [0.25, 0.3) is 0 Å². The summed E-state index contributed by atoms with van der Waals surface area (Å²) < 4.78 is 36.4. The molecule has 1 N–H and O–H groups in total. The Hall–Kier alpha value is -0.200. The summed E-state index contributed by atoms with van der Waals surface area (Å²) in [5.41, 5.74) is -1.07. The van der Waals surface area contributed by atoms with Gasteiger partial charge in [-0.3, -0.25) is 4.39 Å². The molecule has 0 saturated carbocycles. The summed E-state index contributed by atoms with van der Waals surface area (Å²) in [7, 11) is -3.43. The Labute approximate surface area is 91.1 Å². The van der Waals surface area contributed by atoms with Gasteiger partial charge in [-0.25, -0.2) is 8.42 Å². The molecular formula is C9H20FNO3S. The van der Waals surface area contributed by atoms with Crippen molar-refractivity contribution in [2.75, 3.05) is 25.5 Å². The van der Waals surface area contributed by atoms with Crippen LogP contribution in [0.5, 0.6) is 0 Å². The number of likely N-dealkylation sites (N-methyl/N-ethyl adjacent to an activating group) is 1. The lowest BCUT2D eigenvalue weighted by atomic mass is 10.1. The van der Waals surface area contributed by atoms with Gasteiger partial charge in [0.15, 0.2) is 0 Å². The summed E-state index contributed by atoms with van der Waals surface area (Å²) in [6, 6.07) is 0. The zero-order chi connectivity index (χ0) is 12.1. The van der Waals surface area contributed by atoms with Gasteiger partial charge >= 0.3 is 0 Å². The third-order valence-electron chi connectivity index (χ3n) is 1.85. The molecule has 0 fully saturated rings. The van der Waals surface area contributed by atoms with Gasteiger partial charge in [0, 0.05) is 13.1 Å². The minimum atomic E-state index is -3.43. The molecule has 0 heterocycles. The van der Waals surface area contributed by atoms with Gasteiger partial charge in [0.05, 0.1) is 18.0 Å². The fraction of sp³-hybridized carbons (Fsp3) is 1.00. The van der Waals surface area contributed by atoms with E-state index in [1.54, 1.807) is 20.8 Å². The fourth-order valence-electron chi connectivity index (χ4n) is 1.20. The van der Waals surface area contributed by atoms with Crippen LogP contribution >= 0.6 is 0 Å². The molecule has 0 spiro atoms. The van der Waals surface area contributed by atoms with E-state index in [1.165, 1.54) is 4.31 Å². The molecule has 92 valence electrons. The summed E-state index contributed by atoms with van der Waals surface area (Å²) in [6.45, 7) is 4.47. The van der Waals surface area contributed by atoms with Crippen molar-refractivity contribution in [3.8, 4) is 0 Å². The van der Waals surface area contributed by atoms with Crippen molar-refractivity contribution in [1.29, 1.82) is 0 Å². The quantitative estimate of drug-likeness (QED) is 0.716. The van der Waals surface area contributed by atoms with Crippen LogP contribution < -0.4 is 0 Å². The molecule has 6 heteroatoms. The van der Waals surface area contributed by atoms with Crippen LogP contribution in [0.3, 0.4) is 0 Å². The molecule has 0 aliphatic heterocycles. The minimum Gasteiger partial charge on any atom is -0.389 e. The van der Waals surface area contributed by atoms with Crippen molar-refractivity contribution in [2.45, 2.75) is 32.8 Å². The highest BCUT2D eigenvalue weighted by atomic mass is 32.2. The highest BCUT2D eigenvalue weighted by Gasteiger charge is 2.26. The van der Waals surface area contributed by atoms with E-state index in [-0.39, 0.29) is 18.7 Å². The van der Waals surface area contributed by atoms with Crippen molar-refractivity contribution in [3.63, 3.8) is 0 Å². The molecule has 0 atom stereocenters.